The summed E-state index contributed by atoms with van der Waals surface area (Å²) in [6.07, 6.45) is 7.67. The van der Waals surface area contributed by atoms with E-state index in [1.165, 1.54) is 4.68 Å². The molecule has 0 aliphatic heterocycles. The van der Waals surface area contributed by atoms with E-state index in [1.807, 2.05) is 0 Å². The first-order chi connectivity index (χ1) is 9.69. The van der Waals surface area contributed by atoms with Crippen LogP contribution in [-0.4, -0.2) is 40.2 Å². The number of anilines is 1. The molecule has 1 aromatic rings. The fourth-order valence-electron chi connectivity index (χ4n) is 1.89. The summed E-state index contributed by atoms with van der Waals surface area (Å²) in [5.74, 6) is -0.122. The highest BCUT2D eigenvalue weighted by Crippen LogP contribution is 2.19. The van der Waals surface area contributed by atoms with Crippen LogP contribution in [0.4, 0.5) is 5.69 Å². The highest BCUT2D eigenvalue weighted by Gasteiger charge is 2.23. The van der Waals surface area contributed by atoms with Crippen molar-refractivity contribution in [2.24, 2.45) is 0 Å². The van der Waals surface area contributed by atoms with Gasteiger partial charge >= 0.3 is 0 Å². The summed E-state index contributed by atoms with van der Waals surface area (Å²) in [6.45, 7) is 0.505. The van der Waals surface area contributed by atoms with Crippen LogP contribution in [0, 0.1) is 0 Å². The molecule has 20 heavy (non-hydrogen) atoms. The normalized spacial score (nSPS) is 17.8. The Morgan fingerprint density at radius 3 is 2.65 bits per heavy atom. The second-order valence-corrected chi connectivity index (χ2v) is 5.47. The van der Waals surface area contributed by atoms with Crippen LogP contribution in [0.25, 0.3) is 0 Å². The predicted molar refractivity (Wildman–Crippen MR) is 73.0 cm³/mol. The Kier molecular flexibility index (Phi) is 3.68. The van der Waals surface area contributed by atoms with Crippen LogP contribution in [0.3, 0.4) is 0 Å². The van der Waals surface area contributed by atoms with Crippen LogP contribution in [0.5, 0.6) is 0 Å². The van der Waals surface area contributed by atoms with Gasteiger partial charge in [0.05, 0.1) is 18.4 Å². The first-order valence-electron chi connectivity index (χ1n) is 7.04. The molecular weight excluding hydrogens is 258 g/mol. The number of hydrogen-bond acceptors (Lipinski definition) is 4. The van der Waals surface area contributed by atoms with Gasteiger partial charge in [-0.15, -0.1) is 0 Å². The summed E-state index contributed by atoms with van der Waals surface area (Å²) >= 11 is 0. The fraction of sp³-hybridized carbons (Fsp3) is 0.615. The number of nitrogens with zero attached hydrogens (tertiary/aromatic N) is 2. The number of carbonyl (C=O) groups is 2. The maximum Gasteiger partial charge on any atom is 0.241 e. The minimum atomic E-state index is -0.0844. The molecule has 2 fully saturated rings. The van der Waals surface area contributed by atoms with Crippen molar-refractivity contribution in [2.45, 2.75) is 44.3 Å². The lowest BCUT2D eigenvalue weighted by molar-refractivity contribution is -0.122. The Morgan fingerprint density at radius 1 is 1.20 bits per heavy atom. The molecule has 7 nitrogen and oxygen atoms in total. The number of carbonyl (C=O) groups excluding carboxylic acids is 2. The Morgan fingerprint density at radius 2 is 1.95 bits per heavy atom. The molecule has 0 saturated heterocycles. The van der Waals surface area contributed by atoms with Gasteiger partial charge in [-0.25, -0.2) is 0 Å². The van der Waals surface area contributed by atoms with Crippen molar-refractivity contribution in [1.29, 1.82) is 0 Å². The molecule has 7 heteroatoms. The lowest BCUT2D eigenvalue weighted by Crippen LogP contribution is -2.29. The summed E-state index contributed by atoms with van der Waals surface area (Å²) in [6, 6.07) is 0.861. The summed E-state index contributed by atoms with van der Waals surface area (Å²) in [4.78, 5) is 23.2. The Hall–Kier alpha value is -1.89. The van der Waals surface area contributed by atoms with Gasteiger partial charge in [0.2, 0.25) is 11.8 Å². The number of nitrogens with one attached hydrogen (secondary N) is 3. The van der Waals surface area contributed by atoms with E-state index < -0.39 is 0 Å². The van der Waals surface area contributed by atoms with Crippen molar-refractivity contribution < 1.29 is 9.59 Å². The first-order valence-corrected chi connectivity index (χ1v) is 7.04. The van der Waals surface area contributed by atoms with E-state index in [0.717, 1.165) is 25.7 Å². The Balaban J connectivity index is 1.42. The van der Waals surface area contributed by atoms with Crippen molar-refractivity contribution in [3.05, 3.63) is 12.4 Å². The zero-order valence-corrected chi connectivity index (χ0v) is 11.3. The lowest BCUT2D eigenvalue weighted by atomic mass is 10.5. The highest BCUT2D eigenvalue weighted by molar-refractivity contribution is 5.92. The second kappa shape index (κ2) is 5.62. The average Bonchev–Trinajstić information content (AvgIpc) is 3.30. The van der Waals surface area contributed by atoms with Crippen LogP contribution < -0.4 is 16.0 Å². The zero-order valence-electron chi connectivity index (χ0n) is 11.3. The van der Waals surface area contributed by atoms with Crippen LogP contribution in [0.15, 0.2) is 12.4 Å². The Bertz CT molecular complexity index is 505. The van der Waals surface area contributed by atoms with E-state index in [2.05, 4.69) is 21.0 Å². The largest absolute Gasteiger partial charge is 0.352 e. The average molecular weight is 277 g/mol. The minimum absolute atomic E-state index is 0.0381. The van der Waals surface area contributed by atoms with Crippen LogP contribution in [-0.2, 0) is 16.1 Å². The molecule has 3 rings (SSSR count). The minimum Gasteiger partial charge on any atom is -0.352 e. The summed E-state index contributed by atoms with van der Waals surface area (Å²) < 4.78 is 1.53. The molecule has 0 bridgehead atoms. The lowest BCUT2D eigenvalue weighted by Gasteiger charge is -2.04. The summed E-state index contributed by atoms with van der Waals surface area (Å²) in [7, 11) is 0. The second-order valence-electron chi connectivity index (χ2n) is 5.47. The summed E-state index contributed by atoms with van der Waals surface area (Å²) in [5.41, 5.74) is 0.617. The topological polar surface area (TPSA) is 88.1 Å². The summed E-state index contributed by atoms with van der Waals surface area (Å²) in [5, 5.41) is 12.9. The van der Waals surface area contributed by atoms with E-state index in [1.54, 1.807) is 12.4 Å². The number of hydrogen-bond donors (Lipinski definition) is 3. The van der Waals surface area contributed by atoms with Crippen molar-refractivity contribution in [2.75, 3.05) is 11.9 Å². The van der Waals surface area contributed by atoms with E-state index >= 15 is 0 Å². The van der Waals surface area contributed by atoms with Gasteiger partial charge in [0, 0.05) is 18.3 Å². The van der Waals surface area contributed by atoms with Crippen LogP contribution in [0.1, 0.15) is 25.7 Å². The van der Waals surface area contributed by atoms with E-state index in [-0.39, 0.29) is 18.4 Å². The third-order valence-corrected chi connectivity index (χ3v) is 3.29. The van der Waals surface area contributed by atoms with Gasteiger partial charge in [-0.3, -0.25) is 14.3 Å². The molecule has 0 radical (unpaired) electrons. The van der Waals surface area contributed by atoms with Gasteiger partial charge in [-0.1, -0.05) is 0 Å². The van der Waals surface area contributed by atoms with Gasteiger partial charge in [0.25, 0.3) is 0 Å². The van der Waals surface area contributed by atoms with Gasteiger partial charge in [-0.2, -0.15) is 5.10 Å². The molecule has 1 aromatic heterocycles. The van der Waals surface area contributed by atoms with Crippen molar-refractivity contribution in [1.82, 2.24) is 20.4 Å². The molecule has 0 aromatic carbocycles. The van der Waals surface area contributed by atoms with Gasteiger partial charge in [0.15, 0.2) is 0 Å². The molecule has 0 unspecified atom stereocenters. The molecule has 2 aliphatic rings. The smallest absolute Gasteiger partial charge is 0.241 e. The third-order valence-electron chi connectivity index (χ3n) is 3.29. The van der Waals surface area contributed by atoms with Crippen LogP contribution in [0.2, 0.25) is 0 Å². The molecule has 1 heterocycles. The molecule has 3 N–H and O–H groups in total. The van der Waals surface area contributed by atoms with Crippen molar-refractivity contribution in [3.63, 3.8) is 0 Å². The molecule has 0 atom stereocenters. The van der Waals surface area contributed by atoms with Crippen molar-refractivity contribution in [3.8, 4) is 0 Å². The fourth-order valence-corrected chi connectivity index (χ4v) is 1.89. The monoisotopic (exact) mass is 277 g/mol. The van der Waals surface area contributed by atoms with Crippen LogP contribution >= 0.6 is 0 Å². The van der Waals surface area contributed by atoms with E-state index in [4.69, 9.17) is 0 Å². The molecule has 2 aliphatic carbocycles. The number of aromatic nitrogens is 2. The van der Waals surface area contributed by atoms with E-state index in [0.29, 0.717) is 24.3 Å². The maximum absolute atomic E-state index is 11.6. The Labute approximate surface area is 117 Å². The quantitative estimate of drug-likeness (QED) is 0.647. The standard InChI is InChI=1S/C13H19N5O2/c19-12(6-14-9-1-2-9)17-11-5-15-18(7-11)8-13(20)16-10-3-4-10/h5,7,9-10,14H,1-4,6,8H2,(H,16,20)(H,17,19). The molecule has 0 spiro atoms. The van der Waals surface area contributed by atoms with Gasteiger partial charge in [-0.05, 0) is 25.7 Å². The molecule has 2 amide bonds. The number of rotatable bonds is 7. The highest BCUT2D eigenvalue weighted by atomic mass is 16.2. The molecule has 108 valence electrons. The van der Waals surface area contributed by atoms with Crippen molar-refractivity contribution >= 4 is 17.5 Å². The van der Waals surface area contributed by atoms with E-state index in [9.17, 15) is 9.59 Å². The molecule has 2 saturated carbocycles. The molecular formula is C13H19N5O2. The maximum atomic E-state index is 11.6. The van der Waals surface area contributed by atoms with Gasteiger partial charge in [0.1, 0.15) is 6.54 Å². The SMILES string of the molecule is O=C(CNC1CC1)Nc1cnn(CC(=O)NC2CC2)c1. The van der Waals surface area contributed by atoms with Gasteiger partial charge < -0.3 is 16.0 Å². The third kappa shape index (κ3) is 4.06. The first kappa shape index (κ1) is 13.1. The number of amides is 2. The predicted octanol–water partition coefficient (Wildman–Crippen LogP) is -0.148. The zero-order chi connectivity index (χ0) is 13.9.